The van der Waals surface area contributed by atoms with Gasteiger partial charge in [-0.15, -0.1) is 0 Å². The molecule has 1 saturated heterocycles. The molecule has 2 heterocycles. The average Bonchev–Trinajstić information content (AvgIpc) is 2.37. The zero-order chi connectivity index (χ0) is 13.8. The van der Waals surface area contributed by atoms with Crippen LogP contribution in [0.25, 0.3) is 0 Å². The lowest BCUT2D eigenvalue weighted by molar-refractivity contribution is 0.0925. The van der Waals surface area contributed by atoms with Gasteiger partial charge in [0.15, 0.2) is 11.1 Å². The highest BCUT2D eigenvalue weighted by Crippen LogP contribution is 2.23. The van der Waals surface area contributed by atoms with Crippen LogP contribution in [0.1, 0.15) is 18.9 Å². The lowest BCUT2D eigenvalue weighted by atomic mass is 10.1. The molecular formula is C12H17BrN2O3S. The van der Waals surface area contributed by atoms with E-state index in [4.69, 9.17) is 9.29 Å². The summed E-state index contributed by atoms with van der Waals surface area (Å²) in [5, 5.41) is 0. The number of hydrogen-bond acceptors (Lipinski definition) is 4. The summed E-state index contributed by atoms with van der Waals surface area (Å²) < 4.78 is 26.1. The van der Waals surface area contributed by atoms with Crippen molar-refractivity contribution in [2.24, 2.45) is 0 Å². The van der Waals surface area contributed by atoms with Gasteiger partial charge in [-0.2, -0.15) is 0 Å². The number of hydrogen-bond donors (Lipinski definition) is 1. The number of morpholine rings is 1. The second-order valence-corrected chi connectivity index (χ2v) is 6.20. The lowest BCUT2D eigenvalue weighted by Crippen LogP contribution is -2.45. The van der Waals surface area contributed by atoms with Gasteiger partial charge in [0, 0.05) is 6.54 Å². The highest BCUT2D eigenvalue weighted by Gasteiger charge is 2.23. The van der Waals surface area contributed by atoms with Crippen LogP contribution in [0.15, 0.2) is 16.7 Å². The van der Waals surface area contributed by atoms with E-state index in [1.807, 2.05) is 6.07 Å². The smallest absolute Gasteiger partial charge is 0.157 e. The normalized spacial score (nSPS) is 21.4. The number of pyridine rings is 1. The highest BCUT2D eigenvalue weighted by molar-refractivity contribution is 9.10. The van der Waals surface area contributed by atoms with E-state index in [2.05, 4.69) is 32.7 Å². The van der Waals surface area contributed by atoms with Crippen LogP contribution in [0.2, 0.25) is 0 Å². The fraction of sp³-hybridized carbons (Fsp3) is 0.583. The van der Waals surface area contributed by atoms with E-state index >= 15 is 0 Å². The standard InChI is InChI=1S/C12H17BrN2O3S/c1-2-10-7-18-4-3-15(10)12-6-9(8-19(16)17)5-11(13)14-12/h5-6,10H,2-4,7-8H2,1H3,(H,16,17)/t10-/m0/s1. The summed E-state index contributed by atoms with van der Waals surface area (Å²) in [5.74, 6) is 0.958. The number of rotatable bonds is 4. The van der Waals surface area contributed by atoms with Gasteiger partial charge in [-0.25, -0.2) is 9.19 Å². The molecule has 0 saturated carbocycles. The van der Waals surface area contributed by atoms with E-state index in [1.54, 1.807) is 6.07 Å². The molecule has 1 N–H and O–H groups in total. The van der Waals surface area contributed by atoms with Crippen molar-refractivity contribution in [2.75, 3.05) is 24.7 Å². The molecule has 2 rings (SSSR count). The largest absolute Gasteiger partial charge is 0.377 e. The molecule has 7 heteroatoms. The molecule has 1 aromatic rings. The maximum atomic E-state index is 10.9. The number of aromatic nitrogens is 1. The fourth-order valence-electron chi connectivity index (χ4n) is 2.20. The Hall–Kier alpha value is -0.500. The van der Waals surface area contributed by atoms with Crippen molar-refractivity contribution < 1.29 is 13.5 Å². The van der Waals surface area contributed by atoms with Crippen LogP contribution >= 0.6 is 15.9 Å². The van der Waals surface area contributed by atoms with Gasteiger partial charge in [0.2, 0.25) is 0 Å². The Bertz CT molecular complexity index is 472. The molecule has 1 unspecified atom stereocenters. The Balaban J connectivity index is 2.27. The summed E-state index contributed by atoms with van der Waals surface area (Å²) in [6.07, 6.45) is 0.982. The third-order valence-electron chi connectivity index (χ3n) is 3.12. The molecule has 5 nitrogen and oxygen atoms in total. The van der Waals surface area contributed by atoms with Gasteiger partial charge in [-0.1, -0.05) is 6.92 Å². The molecule has 0 radical (unpaired) electrons. The molecule has 1 fully saturated rings. The fourth-order valence-corrected chi connectivity index (χ4v) is 3.13. The van der Waals surface area contributed by atoms with E-state index in [0.29, 0.717) is 23.9 Å². The Kier molecular flexibility index (Phi) is 5.32. The Morgan fingerprint density at radius 2 is 2.42 bits per heavy atom. The first-order valence-electron chi connectivity index (χ1n) is 6.18. The van der Waals surface area contributed by atoms with Crippen LogP contribution in [0, 0.1) is 0 Å². The predicted molar refractivity (Wildman–Crippen MR) is 78.7 cm³/mol. The summed E-state index contributed by atoms with van der Waals surface area (Å²) in [4.78, 5) is 6.68. The molecule has 0 aliphatic carbocycles. The first-order valence-corrected chi connectivity index (χ1v) is 8.25. The lowest BCUT2D eigenvalue weighted by Gasteiger charge is -2.36. The predicted octanol–water partition coefficient (Wildman–Crippen LogP) is 2.18. The van der Waals surface area contributed by atoms with E-state index in [0.717, 1.165) is 24.3 Å². The highest BCUT2D eigenvalue weighted by atomic mass is 79.9. The van der Waals surface area contributed by atoms with Crippen molar-refractivity contribution in [3.8, 4) is 0 Å². The Morgan fingerprint density at radius 3 is 3.11 bits per heavy atom. The third kappa shape index (κ3) is 3.98. The monoisotopic (exact) mass is 348 g/mol. The molecular weight excluding hydrogens is 332 g/mol. The second-order valence-electron chi connectivity index (χ2n) is 4.45. The zero-order valence-electron chi connectivity index (χ0n) is 10.7. The first-order chi connectivity index (χ1) is 9.10. The Labute approximate surface area is 123 Å². The van der Waals surface area contributed by atoms with Gasteiger partial charge >= 0.3 is 0 Å². The van der Waals surface area contributed by atoms with Gasteiger partial charge in [-0.05, 0) is 40.0 Å². The Morgan fingerprint density at radius 1 is 1.63 bits per heavy atom. The minimum atomic E-state index is -1.84. The number of nitrogens with zero attached hydrogens (tertiary/aromatic N) is 2. The van der Waals surface area contributed by atoms with Gasteiger partial charge < -0.3 is 14.2 Å². The molecule has 106 valence electrons. The summed E-state index contributed by atoms with van der Waals surface area (Å²) >= 11 is 1.52. The minimum Gasteiger partial charge on any atom is -0.377 e. The molecule has 19 heavy (non-hydrogen) atoms. The van der Waals surface area contributed by atoms with Gasteiger partial charge in [0.25, 0.3) is 0 Å². The van der Waals surface area contributed by atoms with Crippen LogP contribution in [0.4, 0.5) is 5.82 Å². The topological polar surface area (TPSA) is 62.7 Å². The van der Waals surface area contributed by atoms with Crippen molar-refractivity contribution >= 4 is 32.8 Å². The number of anilines is 1. The van der Waals surface area contributed by atoms with Gasteiger partial charge in [-0.3, -0.25) is 0 Å². The molecule has 0 amide bonds. The van der Waals surface area contributed by atoms with Crippen molar-refractivity contribution in [2.45, 2.75) is 25.1 Å². The van der Waals surface area contributed by atoms with Crippen LogP contribution in [-0.4, -0.2) is 39.5 Å². The van der Waals surface area contributed by atoms with E-state index < -0.39 is 11.1 Å². The van der Waals surface area contributed by atoms with E-state index in [1.165, 1.54) is 0 Å². The summed E-state index contributed by atoms with van der Waals surface area (Å²) in [5.41, 5.74) is 0.805. The number of ether oxygens (including phenoxy) is 1. The zero-order valence-corrected chi connectivity index (χ0v) is 13.1. The average molecular weight is 349 g/mol. The van der Waals surface area contributed by atoms with Crippen molar-refractivity contribution in [1.29, 1.82) is 0 Å². The minimum absolute atomic E-state index is 0.120. The van der Waals surface area contributed by atoms with Gasteiger partial charge in [0.05, 0.1) is 25.0 Å². The van der Waals surface area contributed by atoms with Crippen LogP contribution < -0.4 is 4.90 Å². The maximum Gasteiger partial charge on any atom is 0.157 e. The summed E-state index contributed by atoms with van der Waals surface area (Å²) in [6, 6.07) is 3.97. The SMILES string of the molecule is CC[C@H]1COCCN1c1cc(CS(=O)O)cc(Br)n1. The van der Waals surface area contributed by atoms with Crippen molar-refractivity contribution in [3.05, 3.63) is 22.3 Å². The second kappa shape index (κ2) is 6.78. The molecule has 0 aromatic carbocycles. The number of halogens is 1. The van der Waals surface area contributed by atoms with E-state index in [9.17, 15) is 4.21 Å². The molecule has 0 bridgehead atoms. The van der Waals surface area contributed by atoms with Crippen LogP contribution in [0.5, 0.6) is 0 Å². The van der Waals surface area contributed by atoms with Crippen molar-refractivity contribution in [3.63, 3.8) is 0 Å². The maximum absolute atomic E-state index is 10.9. The van der Waals surface area contributed by atoms with Crippen LogP contribution in [0.3, 0.4) is 0 Å². The van der Waals surface area contributed by atoms with Crippen molar-refractivity contribution in [1.82, 2.24) is 4.98 Å². The molecule has 1 aliphatic heterocycles. The van der Waals surface area contributed by atoms with Crippen LogP contribution in [-0.2, 0) is 21.6 Å². The summed E-state index contributed by atoms with van der Waals surface area (Å²) in [6.45, 7) is 4.30. The van der Waals surface area contributed by atoms with Gasteiger partial charge in [0.1, 0.15) is 10.4 Å². The third-order valence-corrected chi connectivity index (χ3v) is 4.11. The summed E-state index contributed by atoms with van der Waals surface area (Å²) in [7, 11) is 0. The molecule has 1 aromatic heterocycles. The first kappa shape index (κ1) is 14.9. The van der Waals surface area contributed by atoms with E-state index in [-0.39, 0.29) is 5.75 Å². The quantitative estimate of drug-likeness (QED) is 0.667. The molecule has 2 atom stereocenters. The molecule has 1 aliphatic rings. The molecule has 0 spiro atoms.